The van der Waals surface area contributed by atoms with Crippen LogP contribution in [-0.4, -0.2) is 69.9 Å². The molecule has 1 unspecified atom stereocenters. The molecule has 2 aliphatic heterocycles. The molecule has 8 heteroatoms. The van der Waals surface area contributed by atoms with E-state index in [0.29, 0.717) is 22.2 Å². The molecular formula is C17H20FN3O3S. The third-order valence-electron chi connectivity index (χ3n) is 4.26. The number of aromatic hydroxyl groups is 1. The van der Waals surface area contributed by atoms with Gasteiger partial charge < -0.3 is 15.1 Å². The largest absolute Gasteiger partial charge is 0.507 e. The first-order chi connectivity index (χ1) is 12.0. The number of carbonyl (C=O) groups is 1. The highest BCUT2D eigenvalue weighted by molar-refractivity contribution is 8.18. The maximum Gasteiger partial charge on any atom is 0.286 e. The van der Waals surface area contributed by atoms with Crippen LogP contribution >= 0.6 is 11.8 Å². The molecule has 2 N–H and O–H groups in total. The lowest BCUT2D eigenvalue weighted by Crippen LogP contribution is -2.53. The molecular weight excluding hydrogens is 345 g/mol. The number of β-amino-alcohol motifs (C(OH)–C–C–N with tert-alkyl or cyclic N) is 1. The van der Waals surface area contributed by atoms with Crippen molar-refractivity contribution in [3.63, 3.8) is 0 Å². The average Bonchev–Trinajstić information content (AvgIpc) is 2.91. The predicted octanol–water partition coefficient (Wildman–Crippen LogP) is 1.50. The van der Waals surface area contributed by atoms with Crippen LogP contribution in [-0.2, 0) is 4.79 Å². The smallest absolute Gasteiger partial charge is 0.286 e. The zero-order chi connectivity index (χ0) is 18.0. The molecule has 25 heavy (non-hydrogen) atoms. The minimum atomic E-state index is -0.531. The Morgan fingerprint density at radius 1 is 1.44 bits per heavy atom. The van der Waals surface area contributed by atoms with E-state index < -0.39 is 5.82 Å². The Bertz CT molecular complexity index is 738. The number of thioether (sulfide) groups is 1. The summed E-state index contributed by atoms with van der Waals surface area (Å²) in [4.78, 5) is 21.0. The highest BCUT2D eigenvalue weighted by Crippen LogP contribution is 2.33. The number of benzene rings is 1. The van der Waals surface area contributed by atoms with Gasteiger partial charge in [0.05, 0.1) is 11.5 Å². The molecule has 6 nitrogen and oxygen atoms in total. The molecule has 2 heterocycles. The number of halogens is 1. The van der Waals surface area contributed by atoms with E-state index in [9.17, 15) is 14.3 Å². The molecule has 1 aromatic rings. The van der Waals surface area contributed by atoms with Gasteiger partial charge >= 0.3 is 0 Å². The summed E-state index contributed by atoms with van der Waals surface area (Å²) < 4.78 is 13.1. The fraction of sp³-hybridized carbons (Fsp3) is 0.412. The zero-order valence-corrected chi connectivity index (χ0v) is 14.7. The predicted molar refractivity (Wildman–Crippen MR) is 95.8 cm³/mol. The van der Waals surface area contributed by atoms with E-state index in [0.717, 1.165) is 25.7 Å². The highest BCUT2D eigenvalue weighted by Gasteiger charge is 2.32. The van der Waals surface area contributed by atoms with E-state index in [1.807, 2.05) is 0 Å². The molecule has 1 atom stereocenters. The van der Waals surface area contributed by atoms with Crippen molar-refractivity contribution >= 4 is 28.9 Å². The summed E-state index contributed by atoms with van der Waals surface area (Å²) in [6.45, 7) is 5.17. The van der Waals surface area contributed by atoms with Crippen molar-refractivity contribution in [2.45, 2.75) is 13.0 Å². The molecule has 0 aromatic heterocycles. The van der Waals surface area contributed by atoms with Crippen LogP contribution in [0, 0.1) is 5.82 Å². The second-order valence-corrected chi connectivity index (χ2v) is 7.09. The Hall–Kier alpha value is -1.90. The number of carbonyl (C=O) groups excluding carboxylic acids is 1. The van der Waals surface area contributed by atoms with E-state index in [-0.39, 0.29) is 24.3 Å². The lowest BCUT2D eigenvalue weighted by atomic mass is 10.2. The van der Waals surface area contributed by atoms with Crippen molar-refractivity contribution in [2.75, 3.05) is 32.8 Å². The third-order valence-corrected chi connectivity index (χ3v) is 5.28. The van der Waals surface area contributed by atoms with Crippen LogP contribution in [0.2, 0.25) is 0 Å². The molecule has 2 aliphatic rings. The van der Waals surface area contributed by atoms with Gasteiger partial charge in [-0.3, -0.25) is 9.69 Å². The molecule has 1 amide bonds. The Balaban J connectivity index is 1.71. The number of amides is 1. The summed E-state index contributed by atoms with van der Waals surface area (Å²) in [5.41, 5.74) is 0.384. The number of nitrogens with zero attached hydrogens (tertiary/aromatic N) is 3. The van der Waals surface area contributed by atoms with Crippen LogP contribution in [0.5, 0.6) is 5.75 Å². The summed E-state index contributed by atoms with van der Waals surface area (Å²) in [6.07, 6.45) is 1.53. The molecule has 1 fully saturated rings. The average molecular weight is 365 g/mol. The molecule has 1 saturated heterocycles. The lowest BCUT2D eigenvalue weighted by Gasteiger charge is -2.40. The fourth-order valence-electron chi connectivity index (χ4n) is 2.96. The van der Waals surface area contributed by atoms with E-state index in [1.165, 1.54) is 30.0 Å². The molecule has 1 aromatic carbocycles. The van der Waals surface area contributed by atoms with Crippen molar-refractivity contribution in [1.29, 1.82) is 0 Å². The Labute approximate surface area is 149 Å². The number of amidine groups is 1. The molecule has 134 valence electrons. The van der Waals surface area contributed by atoms with Crippen LogP contribution < -0.4 is 0 Å². The van der Waals surface area contributed by atoms with Gasteiger partial charge in [-0.25, -0.2) is 4.39 Å². The number of aliphatic hydroxyl groups is 1. The standard InChI is InChI=1S/C17H20FN3O3S/c1-11-10-20(6-7-22)4-5-21(11)17-19-16(24)15(25-17)8-12-2-3-13(18)9-14(12)23/h2-3,8-9,11,22-23H,4-7,10H2,1H3/b15-8-. The first kappa shape index (κ1) is 17.9. The molecule has 0 radical (unpaired) electrons. The first-order valence-electron chi connectivity index (χ1n) is 8.09. The van der Waals surface area contributed by atoms with Crippen molar-refractivity contribution in [3.05, 3.63) is 34.5 Å². The summed E-state index contributed by atoms with van der Waals surface area (Å²) in [6, 6.07) is 3.86. The van der Waals surface area contributed by atoms with E-state index in [2.05, 4.69) is 21.7 Å². The monoisotopic (exact) mass is 365 g/mol. The number of aliphatic imine (C=N–C) groups is 1. The number of phenols is 1. The number of piperazine rings is 1. The van der Waals surface area contributed by atoms with Gasteiger partial charge in [-0.05, 0) is 36.9 Å². The van der Waals surface area contributed by atoms with Crippen molar-refractivity contribution in [3.8, 4) is 5.75 Å². The lowest BCUT2D eigenvalue weighted by molar-refractivity contribution is -0.113. The number of phenolic OH excluding ortho intramolecular Hbond substituents is 1. The van der Waals surface area contributed by atoms with E-state index >= 15 is 0 Å². The molecule has 0 aliphatic carbocycles. The van der Waals surface area contributed by atoms with Gasteiger partial charge in [0.25, 0.3) is 5.91 Å². The van der Waals surface area contributed by atoms with Crippen molar-refractivity contribution in [2.24, 2.45) is 4.99 Å². The van der Waals surface area contributed by atoms with Crippen LogP contribution in [0.4, 0.5) is 4.39 Å². The van der Waals surface area contributed by atoms with Crippen molar-refractivity contribution < 1.29 is 19.4 Å². The number of hydrogen-bond acceptors (Lipinski definition) is 6. The molecule has 0 bridgehead atoms. The molecule has 0 spiro atoms. The van der Waals surface area contributed by atoms with Gasteiger partial charge in [-0.2, -0.15) is 4.99 Å². The van der Waals surface area contributed by atoms with E-state index in [1.54, 1.807) is 0 Å². The van der Waals surface area contributed by atoms with Crippen LogP contribution in [0.3, 0.4) is 0 Å². The number of rotatable bonds is 3. The zero-order valence-electron chi connectivity index (χ0n) is 13.9. The van der Waals surface area contributed by atoms with E-state index in [4.69, 9.17) is 5.11 Å². The summed E-state index contributed by atoms with van der Waals surface area (Å²) in [5, 5.41) is 19.5. The van der Waals surface area contributed by atoms with Crippen LogP contribution in [0.15, 0.2) is 28.1 Å². The number of aliphatic hydroxyl groups excluding tert-OH is 1. The Kier molecular flexibility index (Phi) is 5.41. The van der Waals surface area contributed by atoms with Gasteiger partial charge in [-0.1, -0.05) is 0 Å². The molecule has 3 rings (SSSR count). The fourth-order valence-corrected chi connectivity index (χ4v) is 4.00. The second kappa shape index (κ2) is 7.55. The van der Waals surface area contributed by atoms with Crippen molar-refractivity contribution in [1.82, 2.24) is 9.80 Å². The minimum absolute atomic E-state index is 0.134. The normalized spacial score (nSPS) is 23.4. The second-order valence-electron chi connectivity index (χ2n) is 6.08. The summed E-state index contributed by atoms with van der Waals surface area (Å²) in [5.74, 6) is -1.09. The van der Waals surface area contributed by atoms with Gasteiger partial charge in [0.2, 0.25) is 0 Å². The summed E-state index contributed by atoms with van der Waals surface area (Å²) in [7, 11) is 0. The van der Waals surface area contributed by atoms with Gasteiger partial charge in [0, 0.05) is 43.9 Å². The van der Waals surface area contributed by atoms with Crippen LogP contribution in [0.1, 0.15) is 12.5 Å². The Morgan fingerprint density at radius 3 is 2.92 bits per heavy atom. The molecule has 0 saturated carbocycles. The SMILES string of the molecule is CC1CN(CCO)CCN1C1=NC(=O)/C(=C/c2ccc(F)cc2O)S1. The maximum atomic E-state index is 13.1. The third kappa shape index (κ3) is 4.02. The quantitative estimate of drug-likeness (QED) is 0.791. The van der Waals surface area contributed by atoms with Crippen LogP contribution in [0.25, 0.3) is 6.08 Å². The van der Waals surface area contributed by atoms with Gasteiger partial charge in [0.1, 0.15) is 11.6 Å². The Morgan fingerprint density at radius 2 is 2.24 bits per heavy atom. The topological polar surface area (TPSA) is 76.4 Å². The summed E-state index contributed by atoms with van der Waals surface area (Å²) >= 11 is 1.27. The minimum Gasteiger partial charge on any atom is -0.507 e. The van der Waals surface area contributed by atoms with Gasteiger partial charge in [0.15, 0.2) is 5.17 Å². The van der Waals surface area contributed by atoms with Gasteiger partial charge in [-0.15, -0.1) is 0 Å². The highest BCUT2D eigenvalue weighted by atomic mass is 32.2. The number of hydrogen-bond donors (Lipinski definition) is 2. The first-order valence-corrected chi connectivity index (χ1v) is 8.90. The maximum absolute atomic E-state index is 13.1.